The fourth-order valence-electron chi connectivity index (χ4n) is 2.89. The molecule has 2 aliphatic rings. The zero-order valence-electron chi connectivity index (χ0n) is 13.2. The molecule has 4 rings (SSSR count). The summed E-state index contributed by atoms with van der Waals surface area (Å²) < 4.78 is 10.6. The van der Waals surface area contributed by atoms with E-state index < -0.39 is 0 Å². The summed E-state index contributed by atoms with van der Waals surface area (Å²) in [5, 5.41) is 11.3. The van der Waals surface area contributed by atoms with E-state index in [9.17, 15) is 4.79 Å². The molecule has 1 saturated heterocycles. The zero-order chi connectivity index (χ0) is 16.4. The standard InChI is InChI=1S/C17H18N4O3/c22-17(21-8-2-1-3-9-21)13-5-7-16(20-19-13)18-12-4-6-14-15(10-12)24-11-23-14/h4-7,10H,1-3,8-9,11H2,(H,18,20). The van der Waals surface area contributed by atoms with E-state index in [2.05, 4.69) is 15.5 Å². The Bertz CT molecular complexity index is 742. The summed E-state index contributed by atoms with van der Waals surface area (Å²) in [5.41, 5.74) is 1.21. The number of anilines is 2. The van der Waals surface area contributed by atoms with Crippen LogP contribution >= 0.6 is 0 Å². The summed E-state index contributed by atoms with van der Waals surface area (Å²) in [5.74, 6) is 1.96. The van der Waals surface area contributed by atoms with Gasteiger partial charge in [-0.1, -0.05) is 0 Å². The fourth-order valence-corrected chi connectivity index (χ4v) is 2.89. The highest BCUT2D eigenvalue weighted by Crippen LogP contribution is 2.34. The molecule has 0 saturated carbocycles. The van der Waals surface area contributed by atoms with Crippen LogP contribution in [0.4, 0.5) is 11.5 Å². The van der Waals surface area contributed by atoms with E-state index in [0.29, 0.717) is 17.3 Å². The average molecular weight is 326 g/mol. The second-order valence-corrected chi connectivity index (χ2v) is 5.85. The largest absolute Gasteiger partial charge is 0.454 e. The summed E-state index contributed by atoms with van der Waals surface area (Å²) in [4.78, 5) is 14.2. The molecule has 0 spiro atoms. The van der Waals surface area contributed by atoms with Gasteiger partial charge in [-0.2, -0.15) is 0 Å². The predicted molar refractivity (Wildman–Crippen MR) is 87.6 cm³/mol. The molecule has 1 aromatic heterocycles. The maximum absolute atomic E-state index is 12.4. The summed E-state index contributed by atoms with van der Waals surface area (Å²) in [6, 6.07) is 9.03. The van der Waals surface area contributed by atoms with Crippen LogP contribution in [0.3, 0.4) is 0 Å². The molecule has 24 heavy (non-hydrogen) atoms. The maximum atomic E-state index is 12.4. The van der Waals surface area contributed by atoms with Crippen molar-refractivity contribution in [2.75, 3.05) is 25.2 Å². The number of rotatable bonds is 3. The van der Waals surface area contributed by atoms with E-state index in [-0.39, 0.29) is 12.7 Å². The first-order valence-electron chi connectivity index (χ1n) is 8.09. The predicted octanol–water partition coefficient (Wildman–Crippen LogP) is 2.58. The van der Waals surface area contributed by atoms with Crippen LogP contribution in [0.1, 0.15) is 29.8 Å². The number of likely N-dealkylation sites (tertiary alicyclic amines) is 1. The minimum absolute atomic E-state index is 0.0446. The molecule has 1 fully saturated rings. The number of hydrogen-bond donors (Lipinski definition) is 1. The lowest BCUT2D eigenvalue weighted by Gasteiger charge is -2.26. The lowest BCUT2D eigenvalue weighted by atomic mass is 10.1. The van der Waals surface area contributed by atoms with E-state index in [4.69, 9.17) is 9.47 Å². The number of carbonyl (C=O) groups is 1. The molecule has 0 atom stereocenters. The molecule has 0 unspecified atom stereocenters. The van der Waals surface area contributed by atoms with Gasteiger partial charge in [0.1, 0.15) is 0 Å². The SMILES string of the molecule is O=C(c1ccc(Nc2ccc3c(c2)OCO3)nn1)N1CCCCC1. The van der Waals surface area contributed by atoms with E-state index in [1.54, 1.807) is 12.1 Å². The Morgan fingerprint density at radius 3 is 2.62 bits per heavy atom. The lowest BCUT2D eigenvalue weighted by Crippen LogP contribution is -2.36. The van der Waals surface area contributed by atoms with E-state index in [0.717, 1.165) is 37.4 Å². The summed E-state index contributed by atoms with van der Waals surface area (Å²) in [6.45, 7) is 1.85. The molecule has 2 aliphatic heterocycles. The maximum Gasteiger partial charge on any atom is 0.274 e. The number of carbonyl (C=O) groups excluding carboxylic acids is 1. The summed E-state index contributed by atoms with van der Waals surface area (Å²) in [7, 11) is 0. The first kappa shape index (κ1) is 14.7. The lowest BCUT2D eigenvalue weighted by molar-refractivity contribution is 0.0717. The topological polar surface area (TPSA) is 76.6 Å². The molecule has 7 heteroatoms. The first-order chi connectivity index (χ1) is 11.8. The second kappa shape index (κ2) is 6.35. The van der Waals surface area contributed by atoms with Crippen molar-refractivity contribution in [3.63, 3.8) is 0 Å². The fraction of sp³-hybridized carbons (Fsp3) is 0.353. The highest BCUT2D eigenvalue weighted by molar-refractivity contribution is 5.92. The Labute approximate surface area is 139 Å². The second-order valence-electron chi connectivity index (χ2n) is 5.85. The molecule has 3 heterocycles. The normalized spacial score (nSPS) is 16.1. The highest BCUT2D eigenvalue weighted by Gasteiger charge is 2.19. The van der Waals surface area contributed by atoms with E-state index in [1.807, 2.05) is 23.1 Å². The Morgan fingerprint density at radius 1 is 1.00 bits per heavy atom. The van der Waals surface area contributed by atoms with Crippen molar-refractivity contribution in [3.8, 4) is 11.5 Å². The average Bonchev–Trinajstić information content (AvgIpc) is 3.10. The van der Waals surface area contributed by atoms with Gasteiger partial charge in [0.15, 0.2) is 23.0 Å². The van der Waals surface area contributed by atoms with Crippen molar-refractivity contribution in [2.45, 2.75) is 19.3 Å². The summed E-state index contributed by atoms with van der Waals surface area (Å²) >= 11 is 0. The number of ether oxygens (including phenoxy) is 2. The van der Waals surface area contributed by atoms with Gasteiger partial charge in [-0.25, -0.2) is 0 Å². The van der Waals surface area contributed by atoms with Crippen molar-refractivity contribution in [3.05, 3.63) is 36.0 Å². The highest BCUT2D eigenvalue weighted by atomic mass is 16.7. The van der Waals surface area contributed by atoms with Gasteiger partial charge >= 0.3 is 0 Å². The van der Waals surface area contributed by atoms with Crippen LogP contribution in [0.5, 0.6) is 11.5 Å². The van der Waals surface area contributed by atoms with E-state index in [1.165, 1.54) is 6.42 Å². The Morgan fingerprint density at radius 2 is 1.83 bits per heavy atom. The quantitative estimate of drug-likeness (QED) is 0.934. The van der Waals surface area contributed by atoms with Gasteiger partial charge < -0.3 is 19.7 Å². The Balaban J connectivity index is 1.44. The number of nitrogens with one attached hydrogen (secondary N) is 1. The van der Waals surface area contributed by atoms with Crippen LogP contribution in [-0.2, 0) is 0 Å². The number of amides is 1. The molecular weight excluding hydrogens is 308 g/mol. The monoisotopic (exact) mass is 326 g/mol. The van der Waals surface area contributed by atoms with Gasteiger partial charge in [0.05, 0.1) is 0 Å². The molecule has 1 amide bonds. The molecule has 2 aromatic rings. The number of aromatic nitrogens is 2. The number of benzene rings is 1. The van der Waals surface area contributed by atoms with Gasteiger partial charge in [-0.3, -0.25) is 4.79 Å². The molecule has 124 valence electrons. The molecular formula is C17H18N4O3. The van der Waals surface area contributed by atoms with Crippen molar-refractivity contribution in [1.82, 2.24) is 15.1 Å². The molecule has 0 radical (unpaired) electrons. The summed E-state index contributed by atoms with van der Waals surface area (Å²) in [6.07, 6.45) is 3.31. The van der Waals surface area contributed by atoms with Crippen LogP contribution < -0.4 is 14.8 Å². The van der Waals surface area contributed by atoms with Crippen LogP contribution in [-0.4, -0.2) is 40.9 Å². The van der Waals surface area contributed by atoms with Gasteiger partial charge in [0.2, 0.25) is 6.79 Å². The van der Waals surface area contributed by atoms with E-state index >= 15 is 0 Å². The first-order valence-corrected chi connectivity index (χ1v) is 8.09. The third-order valence-corrected chi connectivity index (χ3v) is 4.17. The van der Waals surface area contributed by atoms with Gasteiger partial charge in [-0.15, -0.1) is 10.2 Å². The van der Waals surface area contributed by atoms with Crippen LogP contribution in [0.15, 0.2) is 30.3 Å². The zero-order valence-corrected chi connectivity index (χ0v) is 13.2. The number of piperidine rings is 1. The minimum Gasteiger partial charge on any atom is -0.454 e. The van der Waals surface area contributed by atoms with Crippen LogP contribution in [0.25, 0.3) is 0 Å². The molecule has 0 bridgehead atoms. The number of nitrogens with zero attached hydrogens (tertiary/aromatic N) is 3. The van der Waals surface area contributed by atoms with Crippen molar-refractivity contribution >= 4 is 17.4 Å². The third kappa shape index (κ3) is 2.97. The smallest absolute Gasteiger partial charge is 0.274 e. The number of fused-ring (bicyclic) bond motifs is 1. The van der Waals surface area contributed by atoms with Crippen LogP contribution in [0.2, 0.25) is 0 Å². The minimum atomic E-state index is -0.0446. The molecule has 7 nitrogen and oxygen atoms in total. The Kier molecular flexibility index (Phi) is 3.90. The van der Waals surface area contributed by atoms with Gasteiger partial charge in [-0.05, 0) is 43.5 Å². The van der Waals surface area contributed by atoms with Gasteiger partial charge in [0.25, 0.3) is 5.91 Å². The van der Waals surface area contributed by atoms with Gasteiger partial charge in [0, 0.05) is 24.8 Å². The third-order valence-electron chi connectivity index (χ3n) is 4.17. The van der Waals surface area contributed by atoms with Crippen molar-refractivity contribution < 1.29 is 14.3 Å². The molecule has 1 aromatic carbocycles. The Hall–Kier alpha value is -2.83. The molecule has 0 aliphatic carbocycles. The molecule has 1 N–H and O–H groups in total. The van der Waals surface area contributed by atoms with Crippen LogP contribution in [0, 0.1) is 0 Å². The van der Waals surface area contributed by atoms with Crippen molar-refractivity contribution in [2.24, 2.45) is 0 Å². The van der Waals surface area contributed by atoms with Crippen molar-refractivity contribution in [1.29, 1.82) is 0 Å². The number of hydrogen-bond acceptors (Lipinski definition) is 6.